The fourth-order valence-electron chi connectivity index (χ4n) is 2.40. The summed E-state index contributed by atoms with van der Waals surface area (Å²) >= 11 is 0. The molecular formula is C13H21N3O. The highest BCUT2D eigenvalue weighted by Crippen LogP contribution is 2.24. The minimum absolute atomic E-state index is 0.369. The molecule has 2 N–H and O–H groups in total. The Kier molecular flexibility index (Phi) is 4.07. The van der Waals surface area contributed by atoms with Gasteiger partial charge in [0.15, 0.2) is 0 Å². The maximum absolute atomic E-state index is 5.60. The van der Waals surface area contributed by atoms with Gasteiger partial charge in [0.25, 0.3) is 0 Å². The molecule has 0 spiro atoms. The zero-order chi connectivity index (χ0) is 12.3. The second-order valence-corrected chi connectivity index (χ2v) is 4.68. The van der Waals surface area contributed by atoms with Gasteiger partial charge in [-0.2, -0.15) is 0 Å². The van der Waals surface area contributed by atoms with Crippen molar-refractivity contribution < 1.29 is 4.74 Å². The van der Waals surface area contributed by atoms with Gasteiger partial charge in [0.05, 0.1) is 6.61 Å². The smallest absolute Gasteiger partial charge is 0.134 e. The van der Waals surface area contributed by atoms with E-state index in [-0.39, 0.29) is 0 Å². The monoisotopic (exact) mass is 235 g/mol. The summed E-state index contributed by atoms with van der Waals surface area (Å²) in [5.41, 5.74) is 8.95. The number of hydrogen-bond acceptors (Lipinski definition) is 4. The number of hydrogen-bond donors (Lipinski definition) is 1. The molecule has 2 rings (SSSR count). The molecule has 0 aliphatic carbocycles. The molecule has 1 saturated heterocycles. The van der Waals surface area contributed by atoms with Gasteiger partial charge in [-0.05, 0) is 45.2 Å². The minimum Gasteiger partial charge on any atom is -0.381 e. The van der Waals surface area contributed by atoms with Crippen molar-refractivity contribution in [2.75, 3.05) is 19.8 Å². The Bertz CT molecular complexity index is 363. The Morgan fingerprint density at radius 1 is 1.29 bits per heavy atom. The van der Waals surface area contributed by atoms with Crippen LogP contribution in [0.15, 0.2) is 0 Å². The minimum atomic E-state index is 0.369. The van der Waals surface area contributed by atoms with Crippen molar-refractivity contribution in [1.82, 2.24) is 9.97 Å². The number of rotatable bonds is 3. The maximum Gasteiger partial charge on any atom is 0.134 e. The molecule has 1 unspecified atom stereocenters. The van der Waals surface area contributed by atoms with E-state index < -0.39 is 0 Å². The molecular weight excluding hydrogens is 214 g/mol. The van der Waals surface area contributed by atoms with Crippen LogP contribution in [0.4, 0.5) is 0 Å². The molecule has 1 aromatic rings. The lowest BCUT2D eigenvalue weighted by Gasteiger charge is -2.22. The first-order chi connectivity index (χ1) is 8.22. The Labute approximate surface area is 103 Å². The third kappa shape index (κ3) is 2.82. The van der Waals surface area contributed by atoms with Gasteiger partial charge in [-0.15, -0.1) is 0 Å². The second kappa shape index (κ2) is 5.56. The van der Waals surface area contributed by atoms with E-state index in [0.29, 0.717) is 12.5 Å². The van der Waals surface area contributed by atoms with Crippen LogP contribution in [0, 0.1) is 13.8 Å². The number of ether oxygens (including phenoxy) is 1. The Hall–Kier alpha value is -1.00. The highest BCUT2D eigenvalue weighted by Gasteiger charge is 2.20. The van der Waals surface area contributed by atoms with Crippen molar-refractivity contribution in [3.8, 4) is 0 Å². The summed E-state index contributed by atoms with van der Waals surface area (Å²) in [6.07, 6.45) is 3.10. The van der Waals surface area contributed by atoms with Gasteiger partial charge in [0, 0.05) is 23.9 Å². The van der Waals surface area contributed by atoms with Gasteiger partial charge >= 0.3 is 0 Å². The van der Waals surface area contributed by atoms with Crippen LogP contribution in [0.25, 0.3) is 0 Å². The highest BCUT2D eigenvalue weighted by atomic mass is 16.5. The number of aryl methyl sites for hydroxylation is 2. The molecule has 0 aromatic carbocycles. The van der Waals surface area contributed by atoms with E-state index in [4.69, 9.17) is 10.5 Å². The van der Waals surface area contributed by atoms with Gasteiger partial charge in [0.1, 0.15) is 5.82 Å². The summed E-state index contributed by atoms with van der Waals surface area (Å²) in [7, 11) is 0. The molecule has 1 aliphatic heterocycles. The molecule has 1 atom stereocenters. The van der Waals surface area contributed by atoms with Gasteiger partial charge in [-0.25, -0.2) is 9.97 Å². The zero-order valence-electron chi connectivity index (χ0n) is 10.7. The number of nitrogens with two attached hydrogens (primary N) is 1. The SMILES string of the molecule is Cc1nc(C2CCCOC2)nc(C)c1CCN. The quantitative estimate of drug-likeness (QED) is 0.862. The third-order valence-corrected chi connectivity index (χ3v) is 3.36. The van der Waals surface area contributed by atoms with Gasteiger partial charge in [-0.3, -0.25) is 0 Å². The summed E-state index contributed by atoms with van der Waals surface area (Å²) < 4.78 is 5.49. The van der Waals surface area contributed by atoms with Crippen LogP contribution in [-0.2, 0) is 11.2 Å². The average Bonchev–Trinajstić information content (AvgIpc) is 2.35. The number of aromatic nitrogens is 2. The zero-order valence-corrected chi connectivity index (χ0v) is 10.7. The van der Waals surface area contributed by atoms with Crippen LogP contribution >= 0.6 is 0 Å². The van der Waals surface area contributed by atoms with Crippen LogP contribution in [-0.4, -0.2) is 29.7 Å². The molecule has 4 heteroatoms. The number of nitrogens with zero attached hydrogens (tertiary/aromatic N) is 2. The van der Waals surface area contributed by atoms with Crippen LogP contribution in [0.3, 0.4) is 0 Å². The predicted molar refractivity (Wildman–Crippen MR) is 67.1 cm³/mol. The van der Waals surface area contributed by atoms with E-state index in [2.05, 4.69) is 9.97 Å². The van der Waals surface area contributed by atoms with Crippen LogP contribution in [0.5, 0.6) is 0 Å². The fraction of sp³-hybridized carbons (Fsp3) is 0.692. The fourth-order valence-corrected chi connectivity index (χ4v) is 2.40. The molecule has 1 fully saturated rings. The van der Waals surface area contributed by atoms with Gasteiger partial charge in [-0.1, -0.05) is 0 Å². The lowest BCUT2D eigenvalue weighted by atomic mass is 10.0. The summed E-state index contributed by atoms with van der Waals surface area (Å²) in [5, 5.41) is 0. The summed E-state index contributed by atoms with van der Waals surface area (Å²) in [4.78, 5) is 9.26. The highest BCUT2D eigenvalue weighted by molar-refractivity contribution is 5.25. The van der Waals surface area contributed by atoms with Crippen LogP contribution < -0.4 is 5.73 Å². The molecule has 0 radical (unpaired) electrons. The van der Waals surface area contributed by atoms with Crippen molar-refractivity contribution in [3.05, 3.63) is 22.8 Å². The summed E-state index contributed by atoms with van der Waals surface area (Å²) in [5.74, 6) is 1.31. The van der Waals surface area contributed by atoms with Crippen LogP contribution in [0.2, 0.25) is 0 Å². The first-order valence-electron chi connectivity index (χ1n) is 6.34. The van der Waals surface area contributed by atoms with Gasteiger partial charge in [0.2, 0.25) is 0 Å². The van der Waals surface area contributed by atoms with E-state index in [1.165, 1.54) is 5.56 Å². The van der Waals surface area contributed by atoms with E-state index >= 15 is 0 Å². The standard InChI is InChI=1S/C13H21N3O/c1-9-12(5-6-14)10(2)16-13(15-9)11-4-3-7-17-8-11/h11H,3-8,14H2,1-2H3. The molecule has 94 valence electrons. The molecule has 1 aliphatic rings. The molecule has 1 aromatic heterocycles. The summed E-state index contributed by atoms with van der Waals surface area (Å²) in [6.45, 7) is 6.38. The molecule has 4 nitrogen and oxygen atoms in total. The molecule has 0 bridgehead atoms. The topological polar surface area (TPSA) is 61.0 Å². The molecule has 17 heavy (non-hydrogen) atoms. The Balaban J connectivity index is 2.24. The Morgan fingerprint density at radius 3 is 2.53 bits per heavy atom. The van der Waals surface area contributed by atoms with Crippen molar-refractivity contribution in [3.63, 3.8) is 0 Å². The molecule has 0 amide bonds. The lowest BCUT2D eigenvalue weighted by molar-refractivity contribution is 0.0779. The van der Waals surface area contributed by atoms with Crippen molar-refractivity contribution in [1.29, 1.82) is 0 Å². The third-order valence-electron chi connectivity index (χ3n) is 3.36. The second-order valence-electron chi connectivity index (χ2n) is 4.68. The first kappa shape index (κ1) is 12.5. The predicted octanol–water partition coefficient (Wildman–Crippen LogP) is 1.49. The maximum atomic E-state index is 5.60. The van der Waals surface area contributed by atoms with E-state index in [1.54, 1.807) is 0 Å². The van der Waals surface area contributed by atoms with E-state index in [0.717, 1.165) is 49.7 Å². The summed E-state index contributed by atoms with van der Waals surface area (Å²) in [6, 6.07) is 0. The largest absolute Gasteiger partial charge is 0.381 e. The van der Waals surface area contributed by atoms with Crippen molar-refractivity contribution in [2.24, 2.45) is 5.73 Å². The van der Waals surface area contributed by atoms with Gasteiger partial charge < -0.3 is 10.5 Å². The average molecular weight is 235 g/mol. The Morgan fingerprint density at radius 2 is 2.00 bits per heavy atom. The van der Waals surface area contributed by atoms with E-state index in [1.807, 2.05) is 13.8 Å². The first-order valence-corrected chi connectivity index (χ1v) is 6.34. The normalized spacial score (nSPS) is 20.5. The van der Waals surface area contributed by atoms with Crippen molar-refractivity contribution in [2.45, 2.75) is 39.0 Å². The molecule has 2 heterocycles. The van der Waals surface area contributed by atoms with E-state index in [9.17, 15) is 0 Å². The van der Waals surface area contributed by atoms with Crippen molar-refractivity contribution >= 4 is 0 Å². The van der Waals surface area contributed by atoms with Crippen LogP contribution in [0.1, 0.15) is 41.5 Å². The lowest BCUT2D eigenvalue weighted by Crippen LogP contribution is -2.19. The molecule has 0 saturated carbocycles.